The van der Waals surface area contributed by atoms with Crippen molar-refractivity contribution in [3.8, 4) is 0 Å². The maximum atomic E-state index is 11.6. The lowest BCUT2D eigenvalue weighted by Crippen LogP contribution is -2.49. The van der Waals surface area contributed by atoms with Crippen molar-refractivity contribution < 1.29 is 9.90 Å². The Hall–Kier alpha value is -1.43. The molecule has 1 aromatic heterocycles. The highest BCUT2D eigenvalue weighted by molar-refractivity contribution is 5.79. The SMILES string of the molecule is CCCn1ncnc1CN1CCCC1(CC)C(=O)O. The second-order valence-corrected chi connectivity index (χ2v) is 5.11. The van der Waals surface area contributed by atoms with Crippen molar-refractivity contribution in [1.29, 1.82) is 0 Å². The lowest BCUT2D eigenvalue weighted by atomic mass is 9.93. The van der Waals surface area contributed by atoms with Crippen LogP contribution in [0.15, 0.2) is 6.33 Å². The normalized spacial score (nSPS) is 23.9. The molecular weight excluding hydrogens is 244 g/mol. The second-order valence-electron chi connectivity index (χ2n) is 5.11. The number of nitrogens with zero attached hydrogens (tertiary/aromatic N) is 4. The van der Waals surface area contributed by atoms with Crippen molar-refractivity contribution in [2.45, 2.75) is 58.2 Å². The molecule has 0 spiro atoms. The van der Waals surface area contributed by atoms with Gasteiger partial charge in [0.2, 0.25) is 0 Å². The monoisotopic (exact) mass is 266 g/mol. The van der Waals surface area contributed by atoms with Gasteiger partial charge in [-0.15, -0.1) is 0 Å². The highest BCUT2D eigenvalue weighted by Gasteiger charge is 2.46. The third-order valence-corrected chi connectivity index (χ3v) is 4.07. The summed E-state index contributed by atoms with van der Waals surface area (Å²) in [5.41, 5.74) is -0.719. The van der Waals surface area contributed by atoms with Gasteiger partial charge in [-0.25, -0.2) is 9.67 Å². The van der Waals surface area contributed by atoms with Crippen molar-refractivity contribution in [2.75, 3.05) is 6.54 Å². The van der Waals surface area contributed by atoms with E-state index >= 15 is 0 Å². The topological polar surface area (TPSA) is 71.2 Å². The Morgan fingerprint density at radius 3 is 2.95 bits per heavy atom. The van der Waals surface area contributed by atoms with E-state index in [9.17, 15) is 9.90 Å². The number of carboxylic acids is 1. The number of hydrogen-bond acceptors (Lipinski definition) is 4. The van der Waals surface area contributed by atoms with Crippen LogP contribution in [0.2, 0.25) is 0 Å². The van der Waals surface area contributed by atoms with Crippen molar-refractivity contribution in [1.82, 2.24) is 19.7 Å². The molecule has 1 aliphatic heterocycles. The average Bonchev–Trinajstić information content (AvgIpc) is 2.98. The third kappa shape index (κ3) is 2.49. The van der Waals surface area contributed by atoms with E-state index in [1.54, 1.807) is 6.33 Å². The van der Waals surface area contributed by atoms with E-state index < -0.39 is 11.5 Å². The van der Waals surface area contributed by atoms with Crippen LogP contribution in [-0.4, -0.2) is 42.8 Å². The smallest absolute Gasteiger partial charge is 0.324 e. The molecule has 1 fully saturated rings. The molecule has 0 aliphatic carbocycles. The molecular formula is C13H22N4O2. The highest BCUT2D eigenvalue weighted by Crippen LogP contribution is 2.33. The van der Waals surface area contributed by atoms with E-state index in [2.05, 4.69) is 17.0 Å². The molecule has 1 N–H and O–H groups in total. The number of carboxylic acid groups (broad SMARTS) is 1. The Bertz CT molecular complexity index is 446. The fourth-order valence-corrected chi connectivity index (χ4v) is 2.94. The Morgan fingerprint density at radius 2 is 2.32 bits per heavy atom. The molecule has 106 valence electrons. The molecule has 0 radical (unpaired) electrons. The largest absolute Gasteiger partial charge is 0.480 e. The van der Waals surface area contributed by atoms with Gasteiger partial charge in [0.1, 0.15) is 17.7 Å². The predicted octanol–water partition coefficient (Wildman–Crippen LogP) is 1.52. The molecule has 0 saturated carbocycles. The van der Waals surface area contributed by atoms with Gasteiger partial charge in [-0.3, -0.25) is 9.69 Å². The third-order valence-electron chi connectivity index (χ3n) is 4.07. The summed E-state index contributed by atoms with van der Waals surface area (Å²) in [7, 11) is 0. The van der Waals surface area contributed by atoms with E-state index in [-0.39, 0.29) is 0 Å². The van der Waals surface area contributed by atoms with Crippen LogP contribution in [0.3, 0.4) is 0 Å². The second kappa shape index (κ2) is 5.69. The van der Waals surface area contributed by atoms with E-state index in [1.165, 1.54) is 0 Å². The molecule has 0 bridgehead atoms. The van der Waals surface area contributed by atoms with Gasteiger partial charge in [0, 0.05) is 6.54 Å². The minimum absolute atomic E-state index is 0.570. The Labute approximate surface area is 113 Å². The zero-order valence-electron chi connectivity index (χ0n) is 11.7. The predicted molar refractivity (Wildman–Crippen MR) is 70.6 cm³/mol. The van der Waals surface area contributed by atoms with Gasteiger partial charge >= 0.3 is 5.97 Å². The number of hydrogen-bond donors (Lipinski definition) is 1. The van der Waals surface area contributed by atoms with Crippen LogP contribution in [0.1, 0.15) is 45.4 Å². The number of aromatic nitrogens is 3. The first-order valence-corrected chi connectivity index (χ1v) is 6.99. The number of aliphatic carboxylic acids is 1. The Morgan fingerprint density at radius 1 is 1.53 bits per heavy atom. The molecule has 6 heteroatoms. The molecule has 2 heterocycles. The van der Waals surface area contributed by atoms with Crippen LogP contribution in [0.4, 0.5) is 0 Å². The molecule has 19 heavy (non-hydrogen) atoms. The number of aryl methyl sites for hydroxylation is 1. The lowest BCUT2D eigenvalue weighted by Gasteiger charge is -2.33. The molecule has 1 saturated heterocycles. The molecule has 6 nitrogen and oxygen atoms in total. The van der Waals surface area contributed by atoms with E-state index in [0.29, 0.717) is 13.0 Å². The summed E-state index contributed by atoms with van der Waals surface area (Å²) in [5, 5.41) is 13.7. The van der Waals surface area contributed by atoms with Crippen LogP contribution in [-0.2, 0) is 17.9 Å². The molecule has 1 aliphatic rings. The zero-order valence-corrected chi connectivity index (χ0v) is 11.7. The van der Waals surface area contributed by atoms with Crippen LogP contribution in [0, 0.1) is 0 Å². The highest BCUT2D eigenvalue weighted by atomic mass is 16.4. The average molecular weight is 266 g/mol. The summed E-state index contributed by atoms with van der Waals surface area (Å²) in [5.74, 6) is 0.150. The molecule has 1 atom stereocenters. The summed E-state index contributed by atoms with van der Waals surface area (Å²) in [4.78, 5) is 17.9. The zero-order chi connectivity index (χ0) is 13.9. The van der Waals surface area contributed by atoms with Gasteiger partial charge in [-0.1, -0.05) is 13.8 Å². The first-order valence-electron chi connectivity index (χ1n) is 6.99. The molecule has 1 aromatic rings. The van der Waals surface area contributed by atoms with Gasteiger partial charge in [0.25, 0.3) is 0 Å². The summed E-state index contributed by atoms with van der Waals surface area (Å²) in [6.07, 6.45) is 4.83. The van der Waals surface area contributed by atoms with Gasteiger partial charge in [-0.05, 0) is 32.2 Å². The maximum absolute atomic E-state index is 11.6. The quantitative estimate of drug-likeness (QED) is 0.845. The molecule has 1 unspecified atom stereocenters. The first-order chi connectivity index (χ1) is 9.14. The Kier molecular flexibility index (Phi) is 4.19. The molecule has 0 amide bonds. The minimum atomic E-state index is -0.719. The maximum Gasteiger partial charge on any atom is 0.324 e. The standard InChI is InChI=1S/C13H22N4O2/c1-3-7-17-11(14-10-15-17)9-16-8-5-6-13(16,4-2)12(18)19/h10H,3-9H2,1-2H3,(H,18,19). The lowest BCUT2D eigenvalue weighted by molar-refractivity contribution is -0.150. The first kappa shape index (κ1) is 14.0. The fourth-order valence-electron chi connectivity index (χ4n) is 2.94. The minimum Gasteiger partial charge on any atom is -0.480 e. The van der Waals surface area contributed by atoms with E-state index in [1.807, 2.05) is 16.5 Å². The fraction of sp³-hybridized carbons (Fsp3) is 0.769. The van der Waals surface area contributed by atoms with Gasteiger partial charge < -0.3 is 5.11 Å². The van der Waals surface area contributed by atoms with E-state index in [4.69, 9.17) is 0 Å². The van der Waals surface area contributed by atoms with Crippen LogP contribution in [0.5, 0.6) is 0 Å². The summed E-state index contributed by atoms with van der Waals surface area (Å²) < 4.78 is 1.88. The van der Waals surface area contributed by atoms with Gasteiger partial charge in [0.15, 0.2) is 0 Å². The number of likely N-dealkylation sites (tertiary alicyclic amines) is 1. The van der Waals surface area contributed by atoms with Crippen molar-refractivity contribution in [3.05, 3.63) is 12.2 Å². The molecule has 2 rings (SSSR count). The Balaban J connectivity index is 2.17. The molecule has 0 aromatic carbocycles. The van der Waals surface area contributed by atoms with Crippen LogP contribution < -0.4 is 0 Å². The van der Waals surface area contributed by atoms with Crippen LogP contribution >= 0.6 is 0 Å². The number of rotatable bonds is 6. The van der Waals surface area contributed by atoms with Crippen LogP contribution in [0.25, 0.3) is 0 Å². The van der Waals surface area contributed by atoms with Crippen molar-refractivity contribution >= 4 is 5.97 Å². The van der Waals surface area contributed by atoms with Crippen molar-refractivity contribution in [3.63, 3.8) is 0 Å². The summed E-state index contributed by atoms with van der Waals surface area (Å²) in [6.45, 7) is 6.26. The van der Waals surface area contributed by atoms with Gasteiger partial charge in [-0.2, -0.15) is 5.10 Å². The van der Waals surface area contributed by atoms with Gasteiger partial charge in [0.05, 0.1) is 6.54 Å². The summed E-state index contributed by atoms with van der Waals surface area (Å²) in [6, 6.07) is 0. The number of carbonyl (C=O) groups is 1. The van der Waals surface area contributed by atoms with Crippen molar-refractivity contribution in [2.24, 2.45) is 0 Å². The summed E-state index contributed by atoms with van der Waals surface area (Å²) >= 11 is 0. The van der Waals surface area contributed by atoms with E-state index in [0.717, 1.165) is 38.2 Å².